The van der Waals surface area contributed by atoms with E-state index in [4.69, 9.17) is 9.08 Å². The molecule has 1 atom stereocenters. The fraction of sp³-hybridized carbons (Fsp3) is 1.00. The quantitative estimate of drug-likeness (QED) is 0.213. The highest BCUT2D eigenvalue weighted by molar-refractivity contribution is 7.80. The molecule has 0 radical (unpaired) electrons. The number of nitrogens with zero attached hydrogens (tertiary/aromatic N) is 3. The molecule has 0 saturated carbocycles. The molecular formula is C19H46N3O5PS. The minimum absolute atomic E-state index is 0.0289. The van der Waals surface area contributed by atoms with Crippen LogP contribution in [0.2, 0.25) is 0 Å². The van der Waals surface area contributed by atoms with E-state index in [1.807, 2.05) is 0 Å². The van der Waals surface area contributed by atoms with E-state index in [0.717, 1.165) is 19.6 Å². The lowest BCUT2D eigenvalue weighted by Crippen LogP contribution is -2.69. The molecule has 178 valence electrons. The average molecular weight is 460 g/mol. The first kappa shape index (κ1) is 31.3. The molecule has 0 amide bonds. The van der Waals surface area contributed by atoms with E-state index in [1.165, 1.54) is 45.4 Å². The van der Waals surface area contributed by atoms with Crippen LogP contribution in [0.3, 0.4) is 0 Å². The summed E-state index contributed by atoms with van der Waals surface area (Å²) in [6.45, 7) is 12.2. The number of likely N-dealkylation sites (N-methyl/N-ethyl adjacent to an activating group) is 3. The molecule has 0 spiro atoms. The first-order chi connectivity index (χ1) is 13.6. The normalized spacial score (nSPS) is 12.6. The summed E-state index contributed by atoms with van der Waals surface area (Å²) >= 11 is 0. The minimum atomic E-state index is -4.17. The van der Waals surface area contributed by atoms with Gasteiger partial charge in [0.1, 0.15) is 0 Å². The largest absolute Gasteiger partial charge is 0.397 e. The van der Waals surface area contributed by atoms with Gasteiger partial charge in [0.25, 0.3) is 0 Å². The maximum Gasteiger partial charge on any atom is 0.397 e. The summed E-state index contributed by atoms with van der Waals surface area (Å²) in [5.41, 5.74) is 0. The molecule has 0 rings (SSSR count). The highest BCUT2D eigenvalue weighted by Gasteiger charge is 2.42. The Labute approximate surface area is 182 Å². The molecule has 0 aliphatic heterocycles. The zero-order chi connectivity index (χ0) is 22.9. The molecule has 1 N–H and O–H groups in total. The number of unbranched alkanes of at least 4 members (excludes halogenated alkanes) is 3. The van der Waals surface area contributed by atoms with Gasteiger partial charge in [-0.1, -0.05) is 40.0 Å². The second-order valence-corrected chi connectivity index (χ2v) is 8.67. The second-order valence-electron chi connectivity index (χ2n) is 7.24. The van der Waals surface area contributed by atoms with Gasteiger partial charge in [-0.3, -0.25) is 19.3 Å². The summed E-state index contributed by atoms with van der Waals surface area (Å²) in [6, 6.07) is 0. The molecule has 0 aromatic heterocycles. The van der Waals surface area contributed by atoms with Crippen molar-refractivity contribution in [2.45, 2.75) is 72.0 Å². The number of hydrogen-bond donors (Lipinski definition) is 1. The topological polar surface area (TPSA) is 82.5 Å². The molecule has 0 bridgehead atoms. The summed E-state index contributed by atoms with van der Waals surface area (Å²) in [5, 5.41) is 0. The lowest BCUT2D eigenvalue weighted by atomic mass is 10.1. The van der Waals surface area contributed by atoms with Crippen molar-refractivity contribution >= 4 is 19.9 Å². The highest BCUT2D eigenvalue weighted by atomic mass is 32.3. The van der Waals surface area contributed by atoms with Gasteiger partial charge in [0, 0.05) is 29.1 Å². The molecule has 0 saturated heterocycles. The molecule has 0 aromatic rings. The van der Waals surface area contributed by atoms with Crippen LogP contribution in [-0.2, 0) is 19.1 Å². The number of hydrogen-bond acceptors (Lipinski definition) is 7. The smallest absolute Gasteiger partial charge is 0.361 e. The molecule has 0 heterocycles. The van der Waals surface area contributed by atoms with E-state index >= 15 is 0 Å². The lowest BCUT2D eigenvalue weighted by molar-refractivity contribution is -0.161. The summed E-state index contributed by atoms with van der Waals surface area (Å²) in [7, 11) is 4.99. The molecule has 0 fully saturated rings. The van der Waals surface area contributed by atoms with Gasteiger partial charge in [-0.05, 0) is 47.3 Å². The fourth-order valence-corrected chi connectivity index (χ4v) is 3.71. The van der Waals surface area contributed by atoms with E-state index in [0.29, 0.717) is 6.61 Å². The maximum absolute atomic E-state index is 9.56. The summed E-state index contributed by atoms with van der Waals surface area (Å²) < 4.78 is 36.3. The Morgan fingerprint density at radius 3 is 1.34 bits per heavy atom. The van der Waals surface area contributed by atoms with Crippen LogP contribution in [0.25, 0.3) is 0 Å². The molecule has 0 aliphatic rings. The van der Waals surface area contributed by atoms with Crippen LogP contribution in [0.5, 0.6) is 0 Å². The van der Waals surface area contributed by atoms with Gasteiger partial charge in [-0.25, -0.2) is 4.18 Å². The van der Waals surface area contributed by atoms with Crippen LogP contribution in [0, 0.1) is 0 Å². The summed E-state index contributed by atoms with van der Waals surface area (Å²) in [4.78, 5) is 7.43. The third-order valence-corrected chi connectivity index (χ3v) is 5.62. The first-order valence-corrected chi connectivity index (χ1v) is 12.5. The van der Waals surface area contributed by atoms with Gasteiger partial charge in [0.2, 0.25) is 0 Å². The van der Waals surface area contributed by atoms with E-state index in [9.17, 15) is 8.42 Å². The zero-order valence-electron chi connectivity index (χ0n) is 19.7. The standard InChI is InChI=1S/C17H40N3OP.C2H6O4S/c1-7-10-13-18(4)17(16-21-22,19(5)14-11-8-2)20(6)15-12-9-3;1-2-6-7(3,4)5/h7-16,22H2,1-6H3;2H2,1H3,(H,3,4,5). The predicted octanol–water partition coefficient (Wildman–Crippen LogP) is 3.47. The Balaban J connectivity index is 0. The van der Waals surface area contributed by atoms with E-state index in [1.54, 1.807) is 0 Å². The summed E-state index contributed by atoms with van der Waals surface area (Å²) in [6.07, 6.45) is 7.33. The lowest BCUT2D eigenvalue weighted by Gasteiger charge is -2.53. The molecule has 1 unspecified atom stereocenters. The van der Waals surface area contributed by atoms with E-state index in [2.05, 4.69) is 70.3 Å². The third-order valence-electron chi connectivity index (χ3n) is 4.92. The molecule has 10 heteroatoms. The Morgan fingerprint density at radius 1 is 0.828 bits per heavy atom. The van der Waals surface area contributed by atoms with Crippen molar-refractivity contribution in [1.29, 1.82) is 0 Å². The molecule has 8 nitrogen and oxygen atoms in total. The van der Waals surface area contributed by atoms with Gasteiger partial charge in [-0.15, -0.1) is 0 Å². The van der Waals surface area contributed by atoms with Crippen molar-refractivity contribution in [2.75, 3.05) is 54.0 Å². The molecular weight excluding hydrogens is 413 g/mol. The van der Waals surface area contributed by atoms with Gasteiger partial charge in [-0.2, -0.15) is 8.42 Å². The van der Waals surface area contributed by atoms with E-state index in [-0.39, 0.29) is 12.4 Å². The SMILES string of the molecule is CCCCN(C)C(COP)(N(C)CCCC)N(C)CCCC.CCOS(=O)(=O)O. The zero-order valence-corrected chi connectivity index (χ0v) is 21.7. The Kier molecular flexibility index (Phi) is 19.2. The summed E-state index contributed by atoms with van der Waals surface area (Å²) in [5.74, 6) is -0.165. The van der Waals surface area contributed by atoms with Crippen molar-refractivity contribution in [3.8, 4) is 0 Å². The van der Waals surface area contributed by atoms with Crippen LogP contribution >= 0.6 is 9.47 Å². The first-order valence-electron chi connectivity index (χ1n) is 10.6. The second kappa shape index (κ2) is 17.8. The fourth-order valence-electron chi connectivity index (χ4n) is 3.19. The average Bonchev–Trinajstić information content (AvgIpc) is 2.65. The van der Waals surface area contributed by atoms with E-state index < -0.39 is 10.4 Å². The van der Waals surface area contributed by atoms with Crippen molar-refractivity contribution in [2.24, 2.45) is 0 Å². The van der Waals surface area contributed by atoms with Crippen molar-refractivity contribution in [1.82, 2.24) is 14.7 Å². The van der Waals surface area contributed by atoms with Crippen molar-refractivity contribution in [3.63, 3.8) is 0 Å². The molecule has 0 aliphatic carbocycles. The van der Waals surface area contributed by atoms with Crippen LogP contribution in [0.15, 0.2) is 0 Å². The van der Waals surface area contributed by atoms with Crippen molar-refractivity contribution in [3.05, 3.63) is 0 Å². The van der Waals surface area contributed by atoms with Gasteiger partial charge in [0.05, 0.1) is 13.2 Å². The van der Waals surface area contributed by atoms with Crippen LogP contribution in [0.4, 0.5) is 0 Å². The Bertz CT molecular complexity index is 446. The maximum atomic E-state index is 9.56. The monoisotopic (exact) mass is 459 g/mol. The predicted molar refractivity (Wildman–Crippen MR) is 124 cm³/mol. The van der Waals surface area contributed by atoms with Gasteiger partial charge < -0.3 is 4.52 Å². The number of rotatable bonds is 16. The van der Waals surface area contributed by atoms with Crippen LogP contribution in [-0.4, -0.2) is 87.4 Å². The highest BCUT2D eigenvalue weighted by Crippen LogP contribution is 2.25. The Hall–Kier alpha value is 0.140. The molecule has 0 aromatic carbocycles. The van der Waals surface area contributed by atoms with Crippen LogP contribution < -0.4 is 0 Å². The Morgan fingerprint density at radius 2 is 1.17 bits per heavy atom. The van der Waals surface area contributed by atoms with Gasteiger partial charge in [0.15, 0.2) is 5.79 Å². The third kappa shape index (κ3) is 13.2. The van der Waals surface area contributed by atoms with Crippen molar-refractivity contribution < 1.29 is 21.7 Å². The molecule has 29 heavy (non-hydrogen) atoms. The van der Waals surface area contributed by atoms with Crippen LogP contribution in [0.1, 0.15) is 66.2 Å². The van der Waals surface area contributed by atoms with Gasteiger partial charge >= 0.3 is 10.4 Å². The minimum Gasteiger partial charge on any atom is -0.361 e.